The van der Waals surface area contributed by atoms with E-state index in [1.807, 2.05) is 0 Å². The van der Waals surface area contributed by atoms with Gasteiger partial charge in [-0.1, -0.05) is 11.3 Å². The summed E-state index contributed by atoms with van der Waals surface area (Å²) >= 11 is 0.633. The van der Waals surface area contributed by atoms with Gasteiger partial charge >= 0.3 is 16.2 Å². The predicted octanol–water partition coefficient (Wildman–Crippen LogP) is 1.74. The van der Waals surface area contributed by atoms with E-state index < -0.39 is 21.8 Å². The van der Waals surface area contributed by atoms with Gasteiger partial charge in [0.15, 0.2) is 9.34 Å². The molecule has 0 unspecified atom stereocenters. The maximum Gasteiger partial charge on any atom is 0.413 e. The van der Waals surface area contributed by atoms with E-state index in [1.54, 1.807) is 20.8 Å². The van der Waals surface area contributed by atoms with Crippen LogP contribution in [-0.2, 0) is 14.9 Å². The predicted molar refractivity (Wildman–Crippen MR) is 61.8 cm³/mol. The zero-order chi connectivity index (χ0) is 13.3. The third kappa shape index (κ3) is 4.67. The Morgan fingerprint density at radius 2 is 2.12 bits per heavy atom. The van der Waals surface area contributed by atoms with Crippen molar-refractivity contribution >= 4 is 32.7 Å². The number of nitrogens with zero attached hydrogens (tertiary/aromatic N) is 1. The number of hydrogen-bond donors (Lipinski definition) is 2. The Hall–Kier alpha value is -1.19. The van der Waals surface area contributed by atoms with E-state index in [1.165, 1.54) is 0 Å². The van der Waals surface area contributed by atoms with Crippen LogP contribution >= 0.6 is 11.3 Å². The molecule has 7 nitrogen and oxygen atoms in total. The molecule has 0 bridgehead atoms. The molecule has 1 amide bonds. The van der Waals surface area contributed by atoms with Crippen LogP contribution in [0.15, 0.2) is 10.4 Å². The van der Waals surface area contributed by atoms with Gasteiger partial charge in [-0.3, -0.25) is 9.87 Å². The molecule has 0 aromatic carbocycles. The van der Waals surface area contributed by atoms with Gasteiger partial charge in [0.1, 0.15) is 5.60 Å². The summed E-state index contributed by atoms with van der Waals surface area (Å²) in [6.45, 7) is 5.08. The zero-order valence-electron chi connectivity index (χ0n) is 9.42. The van der Waals surface area contributed by atoms with Gasteiger partial charge in [-0.2, -0.15) is 8.42 Å². The van der Waals surface area contributed by atoms with Crippen LogP contribution < -0.4 is 5.32 Å². The van der Waals surface area contributed by atoms with E-state index in [0.29, 0.717) is 11.3 Å². The first kappa shape index (κ1) is 13.9. The normalized spacial score (nSPS) is 12.2. The number of carbonyl (C=O) groups is 1. The van der Waals surface area contributed by atoms with E-state index in [0.717, 1.165) is 6.20 Å². The Labute approximate surface area is 103 Å². The first-order valence-electron chi connectivity index (χ1n) is 4.51. The molecule has 0 spiro atoms. The summed E-state index contributed by atoms with van der Waals surface area (Å²) in [7, 11) is -4.29. The van der Waals surface area contributed by atoms with Gasteiger partial charge in [0.25, 0.3) is 0 Å². The second-order valence-corrected chi connectivity index (χ2v) is 6.77. The Kier molecular flexibility index (Phi) is 3.74. The molecule has 9 heteroatoms. The number of hydrogen-bond acceptors (Lipinski definition) is 6. The van der Waals surface area contributed by atoms with Gasteiger partial charge in [0, 0.05) is 0 Å². The first-order chi connectivity index (χ1) is 7.58. The summed E-state index contributed by atoms with van der Waals surface area (Å²) in [5.41, 5.74) is -0.659. The highest BCUT2D eigenvalue weighted by Crippen LogP contribution is 2.22. The minimum Gasteiger partial charge on any atom is -0.444 e. The largest absolute Gasteiger partial charge is 0.444 e. The highest BCUT2D eigenvalue weighted by atomic mass is 32.3. The van der Waals surface area contributed by atoms with E-state index in [-0.39, 0.29) is 9.34 Å². The van der Waals surface area contributed by atoms with Crippen LogP contribution in [-0.4, -0.2) is 29.6 Å². The fraction of sp³-hybridized carbons (Fsp3) is 0.500. The van der Waals surface area contributed by atoms with E-state index >= 15 is 0 Å². The molecule has 0 aliphatic rings. The van der Waals surface area contributed by atoms with Crippen LogP contribution in [0, 0.1) is 0 Å². The standard InChI is InChI=1S/C8H12N2O5S2/c1-8(2,3)15-7(11)10-6-9-4-5(16-6)17(12,13)14/h4H,1-3H3,(H,9,10,11)(H,12,13,14). The summed E-state index contributed by atoms with van der Waals surface area (Å²) in [4.78, 5) is 14.9. The van der Waals surface area contributed by atoms with Gasteiger partial charge in [-0.15, -0.1) is 0 Å². The third-order valence-electron chi connectivity index (χ3n) is 1.35. The third-order valence-corrected chi connectivity index (χ3v) is 3.55. The summed E-state index contributed by atoms with van der Waals surface area (Å²) in [6.07, 6.45) is 0.209. The molecular weight excluding hydrogens is 268 g/mol. The Bertz CT molecular complexity index is 514. The monoisotopic (exact) mass is 280 g/mol. The molecule has 0 radical (unpaired) electrons. The van der Waals surface area contributed by atoms with Gasteiger partial charge in [0.05, 0.1) is 6.20 Å². The van der Waals surface area contributed by atoms with Gasteiger partial charge < -0.3 is 4.74 Å². The van der Waals surface area contributed by atoms with Crippen molar-refractivity contribution in [1.29, 1.82) is 0 Å². The minimum absolute atomic E-state index is 0.0341. The maximum atomic E-state index is 11.3. The van der Waals surface area contributed by atoms with Crippen molar-refractivity contribution in [1.82, 2.24) is 4.98 Å². The summed E-state index contributed by atoms with van der Waals surface area (Å²) in [6, 6.07) is 0. The highest BCUT2D eigenvalue weighted by molar-refractivity contribution is 7.88. The van der Waals surface area contributed by atoms with Crippen molar-refractivity contribution in [2.75, 3.05) is 5.32 Å². The van der Waals surface area contributed by atoms with Crippen molar-refractivity contribution in [3.05, 3.63) is 6.20 Å². The number of ether oxygens (including phenoxy) is 1. The van der Waals surface area contributed by atoms with Crippen molar-refractivity contribution in [3.63, 3.8) is 0 Å². The van der Waals surface area contributed by atoms with Crippen LogP contribution in [0.25, 0.3) is 0 Å². The smallest absolute Gasteiger partial charge is 0.413 e. The lowest BCUT2D eigenvalue weighted by atomic mass is 10.2. The van der Waals surface area contributed by atoms with Gasteiger partial charge in [-0.05, 0) is 20.8 Å². The molecule has 0 saturated heterocycles. The minimum atomic E-state index is -4.29. The molecule has 1 heterocycles. The SMILES string of the molecule is CC(C)(C)OC(=O)Nc1ncc(S(=O)(=O)O)s1. The number of amides is 1. The molecule has 1 aromatic heterocycles. The average Bonchev–Trinajstić information content (AvgIpc) is 2.47. The molecule has 2 N–H and O–H groups in total. The fourth-order valence-electron chi connectivity index (χ4n) is 0.827. The summed E-state index contributed by atoms with van der Waals surface area (Å²) in [5, 5.41) is 2.30. The van der Waals surface area contributed by atoms with Crippen LogP contribution in [0.3, 0.4) is 0 Å². The van der Waals surface area contributed by atoms with Gasteiger partial charge in [0.2, 0.25) is 0 Å². The zero-order valence-corrected chi connectivity index (χ0v) is 11.1. The molecule has 0 aliphatic carbocycles. The number of anilines is 1. The molecule has 17 heavy (non-hydrogen) atoms. The van der Waals surface area contributed by atoms with E-state index in [9.17, 15) is 13.2 Å². The molecule has 0 aliphatic heterocycles. The summed E-state index contributed by atoms with van der Waals surface area (Å²) < 4.78 is 34.8. The Balaban J connectivity index is 2.71. The number of thiazole rings is 1. The van der Waals surface area contributed by atoms with Crippen molar-refractivity contribution < 1.29 is 22.5 Å². The second-order valence-electron chi connectivity index (χ2n) is 4.09. The van der Waals surface area contributed by atoms with Crippen LogP contribution in [0.1, 0.15) is 20.8 Å². The molecule has 1 rings (SSSR count). The molecule has 0 saturated carbocycles. The molecule has 0 atom stereocenters. The van der Waals surface area contributed by atoms with Crippen LogP contribution in [0.2, 0.25) is 0 Å². The Morgan fingerprint density at radius 3 is 2.53 bits per heavy atom. The molecule has 0 fully saturated rings. The molecule has 1 aromatic rings. The summed E-state index contributed by atoms with van der Waals surface area (Å²) in [5.74, 6) is 0. The quantitative estimate of drug-likeness (QED) is 0.799. The Morgan fingerprint density at radius 1 is 1.53 bits per heavy atom. The topological polar surface area (TPSA) is 106 Å². The van der Waals surface area contributed by atoms with E-state index in [2.05, 4.69) is 10.3 Å². The van der Waals surface area contributed by atoms with Crippen molar-refractivity contribution in [3.8, 4) is 0 Å². The lowest BCUT2D eigenvalue weighted by molar-refractivity contribution is 0.0636. The lowest BCUT2D eigenvalue weighted by Gasteiger charge is -2.18. The number of carbonyl (C=O) groups excluding carboxylic acids is 1. The lowest BCUT2D eigenvalue weighted by Crippen LogP contribution is -2.27. The second kappa shape index (κ2) is 4.59. The van der Waals surface area contributed by atoms with Crippen molar-refractivity contribution in [2.45, 2.75) is 30.6 Å². The van der Waals surface area contributed by atoms with Crippen molar-refractivity contribution in [2.24, 2.45) is 0 Å². The van der Waals surface area contributed by atoms with Gasteiger partial charge in [-0.25, -0.2) is 9.78 Å². The number of aromatic nitrogens is 1. The fourth-order valence-corrected chi connectivity index (χ4v) is 2.21. The molecular formula is C8H12N2O5S2. The highest BCUT2D eigenvalue weighted by Gasteiger charge is 2.19. The number of nitrogens with one attached hydrogen (secondary N) is 1. The van der Waals surface area contributed by atoms with Crippen LogP contribution in [0.5, 0.6) is 0 Å². The number of rotatable bonds is 2. The molecule has 96 valence electrons. The maximum absolute atomic E-state index is 11.3. The van der Waals surface area contributed by atoms with Crippen LogP contribution in [0.4, 0.5) is 9.93 Å². The van der Waals surface area contributed by atoms with E-state index in [4.69, 9.17) is 9.29 Å². The average molecular weight is 280 g/mol. The first-order valence-corrected chi connectivity index (χ1v) is 6.77.